The number of hydrogen-bond donors (Lipinski definition) is 0. The van der Waals surface area contributed by atoms with Crippen molar-refractivity contribution in [1.29, 1.82) is 0 Å². The van der Waals surface area contributed by atoms with Gasteiger partial charge in [0.15, 0.2) is 11.5 Å². The minimum absolute atomic E-state index is 0.605. The molecule has 0 aliphatic carbocycles. The molecule has 0 bridgehead atoms. The van der Waals surface area contributed by atoms with E-state index in [1.807, 2.05) is 37.3 Å². The third kappa shape index (κ3) is 1.54. The van der Waals surface area contributed by atoms with Crippen LogP contribution >= 0.6 is 0 Å². The summed E-state index contributed by atoms with van der Waals surface area (Å²) in [6.07, 6.45) is 0. The zero-order chi connectivity index (χ0) is 11.0. The molecule has 3 rings (SSSR count). The van der Waals surface area contributed by atoms with Gasteiger partial charge < -0.3 is 13.9 Å². The van der Waals surface area contributed by atoms with Gasteiger partial charge in [-0.05, 0) is 37.3 Å². The summed E-state index contributed by atoms with van der Waals surface area (Å²) < 4.78 is 16.6. The van der Waals surface area contributed by atoms with E-state index in [0.717, 1.165) is 28.6 Å². The van der Waals surface area contributed by atoms with Crippen molar-refractivity contribution in [3.8, 4) is 22.8 Å². The van der Waals surface area contributed by atoms with Crippen LogP contribution in [0.2, 0.25) is 0 Å². The lowest BCUT2D eigenvalue weighted by atomic mass is 10.1. The molecule has 3 nitrogen and oxygen atoms in total. The molecule has 0 amide bonds. The zero-order valence-corrected chi connectivity index (χ0v) is 9.03. The minimum atomic E-state index is 0.605. The van der Waals surface area contributed by atoms with E-state index < -0.39 is 0 Å². The van der Waals surface area contributed by atoms with Gasteiger partial charge in [0.05, 0.1) is 0 Å². The second-order valence-corrected chi connectivity index (χ2v) is 3.77. The van der Waals surface area contributed by atoms with Crippen LogP contribution in [0, 0.1) is 6.92 Å². The van der Waals surface area contributed by atoms with Gasteiger partial charge in [0.1, 0.15) is 24.7 Å². The molecule has 2 aromatic rings. The Morgan fingerprint density at radius 3 is 2.50 bits per heavy atom. The molecule has 1 aromatic carbocycles. The molecule has 2 heterocycles. The van der Waals surface area contributed by atoms with Crippen LogP contribution in [-0.2, 0) is 0 Å². The van der Waals surface area contributed by atoms with Gasteiger partial charge in [-0.25, -0.2) is 0 Å². The SMILES string of the molecule is Cc1ccc(-c2ccc3c(c2)OCCO3)o1. The Labute approximate surface area is 93.6 Å². The van der Waals surface area contributed by atoms with E-state index in [2.05, 4.69) is 0 Å². The van der Waals surface area contributed by atoms with Gasteiger partial charge in [-0.15, -0.1) is 0 Å². The van der Waals surface area contributed by atoms with Gasteiger partial charge in [-0.2, -0.15) is 0 Å². The first-order valence-electron chi connectivity index (χ1n) is 5.29. The van der Waals surface area contributed by atoms with Crippen molar-refractivity contribution in [2.45, 2.75) is 6.92 Å². The first kappa shape index (κ1) is 9.33. The van der Waals surface area contributed by atoms with Gasteiger partial charge >= 0.3 is 0 Å². The molecule has 0 saturated carbocycles. The number of aryl methyl sites for hydroxylation is 1. The largest absolute Gasteiger partial charge is 0.486 e. The molecule has 82 valence electrons. The van der Waals surface area contributed by atoms with Crippen molar-refractivity contribution in [2.24, 2.45) is 0 Å². The van der Waals surface area contributed by atoms with Crippen molar-refractivity contribution in [3.05, 3.63) is 36.1 Å². The van der Waals surface area contributed by atoms with Crippen molar-refractivity contribution in [3.63, 3.8) is 0 Å². The van der Waals surface area contributed by atoms with E-state index in [-0.39, 0.29) is 0 Å². The molecule has 0 spiro atoms. The summed E-state index contributed by atoms with van der Waals surface area (Å²) in [6, 6.07) is 9.76. The molecule has 3 heteroatoms. The van der Waals surface area contributed by atoms with Crippen LogP contribution in [0.3, 0.4) is 0 Å². The molecule has 0 saturated heterocycles. The summed E-state index contributed by atoms with van der Waals surface area (Å²) in [5, 5.41) is 0. The van der Waals surface area contributed by atoms with Crippen LogP contribution in [0.25, 0.3) is 11.3 Å². The Bertz CT molecular complexity index is 514. The van der Waals surface area contributed by atoms with E-state index in [1.54, 1.807) is 0 Å². The molecule has 1 aromatic heterocycles. The molecular formula is C13H12O3. The fourth-order valence-electron chi connectivity index (χ4n) is 1.79. The van der Waals surface area contributed by atoms with Crippen molar-refractivity contribution in [2.75, 3.05) is 13.2 Å². The molecule has 0 fully saturated rings. The van der Waals surface area contributed by atoms with Crippen molar-refractivity contribution in [1.82, 2.24) is 0 Å². The maximum absolute atomic E-state index is 5.56. The molecule has 0 radical (unpaired) electrons. The Morgan fingerprint density at radius 2 is 1.75 bits per heavy atom. The topological polar surface area (TPSA) is 31.6 Å². The number of benzene rings is 1. The number of rotatable bonds is 1. The lowest BCUT2D eigenvalue weighted by Crippen LogP contribution is -2.15. The minimum Gasteiger partial charge on any atom is -0.486 e. The number of fused-ring (bicyclic) bond motifs is 1. The monoisotopic (exact) mass is 216 g/mol. The summed E-state index contributed by atoms with van der Waals surface area (Å²) in [5.41, 5.74) is 1.01. The molecule has 1 aliphatic heterocycles. The lowest BCUT2D eigenvalue weighted by molar-refractivity contribution is 0.171. The van der Waals surface area contributed by atoms with Crippen molar-refractivity contribution < 1.29 is 13.9 Å². The second kappa shape index (κ2) is 3.59. The highest BCUT2D eigenvalue weighted by molar-refractivity contribution is 5.63. The van der Waals surface area contributed by atoms with Crippen LogP contribution in [-0.4, -0.2) is 13.2 Å². The highest BCUT2D eigenvalue weighted by Crippen LogP contribution is 2.34. The Morgan fingerprint density at radius 1 is 0.938 bits per heavy atom. The normalized spacial score (nSPS) is 13.8. The molecule has 0 N–H and O–H groups in total. The molecule has 16 heavy (non-hydrogen) atoms. The maximum Gasteiger partial charge on any atom is 0.162 e. The number of ether oxygens (including phenoxy) is 2. The Kier molecular flexibility index (Phi) is 2.10. The van der Waals surface area contributed by atoms with Crippen LogP contribution in [0.4, 0.5) is 0 Å². The summed E-state index contributed by atoms with van der Waals surface area (Å²) in [4.78, 5) is 0. The molecular weight excluding hydrogens is 204 g/mol. The van der Waals surface area contributed by atoms with E-state index in [0.29, 0.717) is 13.2 Å². The number of hydrogen-bond acceptors (Lipinski definition) is 3. The highest BCUT2D eigenvalue weighted by atomic mass is 16.6. The molecule has 1 aliphatic rings. The van der Waals surface area contributed by atoms with E-state index >= 15 is 0 Å². The molecule has 0 atom stereocenters. The van der Waals surface area contributed by atoms with E-state index in [4.69, 9.17) is 13.9 Å². The quantitative estimate of drug-likeness (QED) is 0.734. The summed E-state index contributed by atoms with van der Waals surface area (Å²) >= 11 is 0. The average molecular weight is 216 g/mol. The summed E-state index contributed by atoms with van der Waals surface area (Å²) in [7, 11) is 0. The maximum atomic E-state index is 5.56. The van der Waals surface area contributed by atoms with Crippen LogP contribution in [0.1, 0.15) is 5.76 Å². The van der Waals surface area contributed by atoms with E-state index in [9.17, 15) is 0 Å². The third-order valence-electron chi connectivity index (χ3n) is 2.57. The summed E-state index contributed by atoms with van der Waals surface area (Å²) in [6.45, 7) is 3.15. The van der Waals surface area contributed by atoms with E-state index in [1.165, 1.54) is 0 Å². The van der Waals surface area contributed by atoms with Gasteiger partial charge in [0, 0.05) is 5.56 Å². The van der Waals surface area contributed by atoms with Crippen molar-refractivity contribution >= 4 is 0 Å². The summed E-state index contributed by atoms with van der Waals surface area (Å²) in [5.74, 6) is 3.36. The predicted octanol–water partition coefficient (Wildman–Crippen LogP) is 3.03. The fraction of sp³-hybridized carbons (Fsp3) is 0.231. The lowest BCUT2D eigenvalue weighted by Gasteiger charge is -2.18. The van der Waals surface area contributed by atoms with Gasteiger partial charge in [0.25, 0.3) is 0 Å². The third-order valence-corrected chi connectivity index (χ3v) is 2.57. The van der Waals surface area contributed by atoms with Crippen LogP contribution < -0.4 is 9.47 Å². The van der Waals surface area contributed by atoms with Gasteiger partial charge in [0.2, 0.25) is 0 Å². The Hall–Kier alpha value is -1.90. The zero-order valence-electron chi connectivity index (χ0n) is 9.03. The highest BCUT2D eigenvalue weighted by Gasteiger charge is 2.13. The fourth-order valence-corrected chi connectivity index (χ4v) is 1.79. The first-order chi connectivity index (χ1) is 7.83. The number of furan rings is 1. The molecule has 0 unspecified atom stereocenters. The smallest absolute Gasteiger partial charge is 0.162 e. The van der Waals surface area contributed by atoms with Crippen LogP contribution in [0.15, 0.2) is 34.7 Å². The average Bonchev–Trinajstić information content (AvgIpc) is 2.75. The van der Waals surface area contributed by atoms with Crippen LogP contribution in [0.5, 0.6) is 11.5 Å². The predicted molar refractivity (Wildman–Crippen MR) is 59.9 cm³/mol. The Balaban J connectivity index is 2.02. The second-order valence-electron chi connectivity index (χ2n) is 3.77. The van der Waals surface area contributed by atoms with Gasteiger partial charge in [-0.1, -0.05) is 0 Å². The standard InChI is InChI=1S/C13H12O3/c1-9-2-4-11(16-9)10-3-5-12-13(8-10)15-7-6-14-12/h2-5,8H,6-7H2,1H3. The van der Waals surface area contributed by atoms with Gasteiger partial charge in [-0.3, -0.25) is 0 Å². The first-order valence-corrected chi connectivity index (χ1v) is 5.29.